The zero-order valence-electron chi connectivity index (χ0n) is 5.74. The Labute approximate surface area is 64.3 Å². The number of aromatic hydroxyl groups is 1. The van der Waals surface area contributed by atoms with E-state index in [1.807, 2.05) is 6.07 Å². The molecule has 1 heterocycles. The number of thioether (sulfide) groups is 1. The molecule has 54 valence electrons. The van der Waals surface area contributed by atoms with Crippen LogP contribution in [0.15, 0.2) is 23.2 Å². The van der Waals surface area contributed by atoms with E-state index in [4.69, 9.17) is 5.11 Å². The van der Waals surface area contributed by atoms with Crippen LogP contribution in [0.1, 0.15) is 6.92 Å². The highest BCUT2D eigenvalue weighted by Gasteiger charge is 1.92. The third kappa shape index (κ3) is 1.92. The molecule has 0 bridgehead atoms. The third-order valence-electron chi connectivity index (χ3n) is 1.03. The van der Waals surface area contributed by atoms with Crippen LogP contribution in [0.5, 0.6) is 5.88 Å². The molecule has 0 spiro atoms. The van der Waals surface area contributed by atoms with E-state index in [1.165, 1.54) is 0 Å². The Bertz CT molecular complexity index is 215. The van der Waals surface area contributed by atoms with Crippen molar-refractivity contribution in [3.8, 4) is 5.88 Å². The Hall–Kier alpha value is -0.700. The molecule has 10 heavy (non-hydrogen) atoms. The molecule has 1 aromatic heterocycles. The van der Waals surface area contributed by atoms with Crippen molar-refractivity contribution in [2.75, 3.05) is 5.75 Å². The molecule has 0 aliphatic rings. The van der Waals surface area contributed by atoms with Crippen molar-refractivity contribution in [1.29, 1.82) is 0 Å². The van der Waals surface area contributed by atoms with E-state index in [2.05, 4.69) is 11.9 Å². The molecule has 1 N–H and O–H groups in total. The van der Waals surface area contributed by atoms with Gasteiger partial charge in [0.05, 0.1) is 0 Å². The Balaban J connectivity index is 2.75. The van der Waals surface area contributed by atoms with Crippen LogP contribution in [0.2, 0.25) is 0 Å². The maximum Gasteiger partial charge on any atom is 0.211 e. The molecular formula is C7H9NOS. The molecule has 2 nitrogen and oxygen atoms in total. The van der Waals surface area contributed by atoms with Crippen molar-refractivity contribution in [2.24, 2.45) is 0 Å². The molecular weight excluding hydrogens is 146 g/mol. The smallest absolute Gasteiger partial charge is 0.211 e. The zero-order chi connectivity index (χ0) is 7.40. The second-order valence-corrected chi connectivity index (χ2v) is 3.12. The van der Waals surface area contributed by atoms with E-state index in [1.54, 1.807) is 24.0 Å². The van der Waals surface area contributed by atoms with Crippen LogP contribution in [0.3, 0.4) is 0 Å². The standard InChI is InChI=1S/C7H9NOS/c1-2-10-6-3-4-8-7(9)5-6/h3-5H,2H2,1H3,(H,8,9). The SMILES string of the molecule is CCSc1ccnc(O)c1. The van der Waals surface area contributed by atoms with Crippen molar-refractivity contribution in [2.45, 2.75) is 11.8 Å². The lowest BCUT2D eigenvalue weighted by molar-refractivity contribution is 0.452. The Morgan fingerprint density at radius 1 is 1.70 bits per heavy atom. The number of hydrogen-bond acceptors (Lipinski definition) is 3. The maximum atomic E-state index is 8.92. The highest BCUT2D eigenvalue weighted by Crippen LogP contribution is 2.19. The van der Waals surface area contributed by atoms with Gasteiger partial charge in [0.25, 0.3) is 0 Å². The van der Waals surface area contributed by atoms with Gasteiger partial charge in [-0.25, -0.2) is 4.98 Å². The third-order valence-corrected chi connectivity index (χ3v) is 1.90. The van der Waals surface area contributed by atoms with Gasteiger partial charge in [0.15, 0.2) is 0 Å². The predicted octanol–water partition coefficient (Wildman–Crippen LogP) is 1.90. The average Bonchev–Trinajstić information content (AvgIpc) is 1.88. The molecule has 0 atom stereocenters. The van der Waals surface area contributed by atoms with Crippen molar-refractivity contribution in [1.82, 2.24) is 4.98 Å². The minimum Gasteiger partial charge on any atom is -0.493 e. The van der Waals surface area contributed by atoms with Gasteiger partial charge in [0.1, 0.15) is 0 Å². The Morgan fingerprint density at radius 2 is 2.50 bits per heavy atom. The quantitative estimate of drug-likeness (QED) is 0.662. The van der Waals surface area contributed by atoms with Crippen LogP contribution in [0.25, 0.3) is 0 Å². The van der Waals surface area contributed by atoms with Crippen molar-refractivity contribution in [3.63, 3.8) is 0 Å². The molecule has 0 aliphatic heterocycles. The summed E-state index contributed by atoms with van der Waals surface area (Å²) in [5, 5.41) is 8.92. The summed E-state index contributed by atoms with van der Waals surface area (Å²) in [6.07, 6.45) is 1.60. The van der Waals surface area contributed by atoms with E-state index in [0.717, 1.165) is 10.6 Å². The minimum absolute atomic E-state index is 0.0958. The van der Waals surface area contributed by atoms with Gasteiger partial charge in [-0.1, -0.05) is 6.92 Å². The number of nitrogens with zero attached hydrogens (tertiary/aromatic N) is 1. The summed E-state index contributed by atoms with van der Waals surface area (Å²) in [6, 6.07) is 3.54. The highest BCUT2D eigenvalue weighted by atomic mass is 32.2. The first-order valence-electron chi connectivity index (χ1n) is 3.10. The maximum absolute atomic E-state index is 8.92. The van der Waals surface area contributed by atoms with Gasteiger partial charge in [-0.15, -0.1) is 11.8 Å². The normalized spacial score (nSPS) is 9.70. The van der Waals surface area contributed by atoms with Gasteiger partial charge in [-0.05, 0) is 11.8 Å². The van der Waals surface area contributed by atoms with E-state index in [0.29, 0.717) is 0 Å². The highest BCUT2D eigenvalue weighted by molar-refractivity contribution is 7.99. The van der Waals surface area contributed by atoms with E-state index >= 15 is 0 Å². The fourth-order valence-electron chi connectivity index (χ4n) is 0.656. The summed E-state index contributed by atoms with van der Waals surface area (Å²) in [7, 11) is 0. The monoisotopic (exact) mass is 155 g/mol. The largest absolute Gasteiger partial charge is 0.493 e. The molecule has 3 heteroatoms. The van der Waals surface area contributed by atoms with E-state index < -0.39 is 0 Å². The van der Waals surface area contributed by atoms with Gasteiger partial charge in [0, 0.05) is 17.2 Å². The summed E-state index contributed by atoms with van der Waals surface area (Å²) in [5.41, 5.74) is 0. The van der Waals surface area contributed by atoms with E-state index in [-0.39, 0.29) is 5.88 Å². The molecule has 0 aromatic carbocycles. The second kappa shape index (κ2) is 3.46. The Morgan fingerprint density at radius 3 is 3.10 bits per heavy atom. The van der Waals surface area contributed by atoms with Gasteiger partial charge in [0.2, 0.25) is 5.88 Å². The van der Waals surface area contributed by atoms with Gasteiger partial charge in [-0.3, -0.25) is 0 Å². The van der Waals surface area contributed by atoms with Gasteiger partial charge >= 0.3 is 0 Å². The molecule has 0 unspecified atom stereocenters. The molecule has 1 rings (SSSR count). The first kappa shape index (κ1) is 7.41. The van der Waals surface area contributed by atoms with Gasteiger partial charge in [-0.2, -0.15) is 0 Å². The molecule has 0 aliphatic carbocycles. The number of rotatable bonds is 2. The minimum atomic E-state index is 0.0958. The van der Waals surface area contributed by atoms with Crippen LogP contribution in [0, 0.1) is 0 Å². The van der Waals surface area contributed by atoms with Crippen LogP contribution >= 0.6 is 11.8 Å². The number of aromatic nitrogens is 1. The van der Waals surface area contributed by atoms with Gasteiger partial charge < -0.3 is 5.11 Å². The summed E-state index contributed by atoms with van der Waals surface area (Å²) in [5.74, 6) is 1.11. The molecule has 1 aromatic rings. The van der Waals surface area contributed by atoms with Crippen LogP contribution in [-0.4, -0.2) is 15.8 Å². The molecule has 0 saturated carbocycles. The fraction of sp³-hybridized carbons (Fsp3) is 0.286. The summed E-state index contributed by atoms with van der Waals surface area (Å²) >= 11 is 1.69. The first-order valence-corrected chi connectivity index (χ1v) is 4.09. The molecule has 0 amide bonds. The average molecular weight is 155 g/mol. The zero-order valence-corrected chi connectivity index (χ0v) is 6.56. The summed E-state index contributed by atoms with van der Waals surface area (Å²) in [6.45, 7) is 2.07. The van der Waals surface area contributed by atoms with Crippen LogP contribution in [0.4, 0.5) is 0 Å². The molecule has 0 fully saturated rings. The van der Waals surface area contributed by atoms with Crippen molar-refractivity contribution >= 4 is 11.8 Å². The van der Waals surface area contributed by atoms with Crippen LogP contribution in [-0.2, 0) is 0 Å². The topological polar surface area (TPSA) is 33.1 Å². The Kier molecular flexibility index (Phi) is 2.57. The lowest BCUT2D eigenvalue weighted by Gasteiger charge is -1.96. The lowest BCUT2D eigenvalue weighted by Crippen LogP contribution is -1.75. The summed E-state index contributed by atoms with van der Waals surface area (Å²) in [4.78, 5) is 4.73. The number of hydrogen-bond donors (Lipinski definition) is 1. The van der Waals surface area contributed by atoms with Crippen LogP contribution < -0.4 is 0 Å². The molecule has 0 saturated heterocycles. The first-order chi connectivity index (χ1) is 4.83. The molecule has 0 radical (unpaired) electrons. The summed E-state index contributed by atoms with van der Waals surface area (Å²) < 4.78 is 0. The lowest BCUT2D eigenvalue weighted by atomic mass is 10.5. The second-order valence-electron chi connectivity index (χ2n) is 1.78. The van der Waals surface area contributed by atoms with Crippen molar-refractivity contribution < 1.29 is 5.11 Å². The predicted molar refractivity (Wildman–Crippen MR) is 42.3 cm³/mol. The fourth-order valence-corrected chi connectivity index (χ4v) is 1.34. The van der Waals surface area contributed by atoms with Crippen molar-refractivity contribution in [3.05, 3.63) is 18.3 Å². The van der Waals surface area contributed by atoms with E-state index in [9.17, 15) is 0 Å². The number of pyridine rings is 1.